The smallest absolute Gasteiger partial charge is 0.247 e. The molecule has 18 heavy (non-hydrogen) atoms. The Morgan fingerprint density at radius 1 is 1.44 bits per heavy atom. The number of hydrogen-bond donors (Lipinski definition) is 2. The molecule has 0 aromatic carbocycles. The molecule has 2 heterocycles. The number of sulfone groups is 1. The minimum absolute atomic E-state index is 0. The fourth-order valence-corrected chi connectivity index (χ4v) is 6.23. The number of nitrogens with two attached hydrogens (primary N) is 2. The Morgan fingerprint density at radius 2 is 2.00 bits per heavy atom. The van der Waals surface area contributed by atoms with Crippen molar-refractivity contribution in [1.29, 1.82) is 0 Å². The first-order valence-corrected chi connectivity index (χ1v) is 8.71. The van der Waals surface area contributed by atoms with Crippen LogP contribution >= 0.6 is 23.7 Å². The van der Waals surface area contributed by atoms with E-state index in [9.17, 15) is 16.8 Å². The molecule has 0 saturated carbocycles. The summed E-state index contributed by atoms with van der Waals surface area (Å²) in [6, 6.07) is 0.805. The van der Waals surface area contributed by atoms with Gasteiger partial charge in [-0.3, -0.25) is 0 Å². The number of thiophene rings is 1. The second-order valence-corrected chi connectivity index (χ2v) is 9.45. The zero-order valence-corrected chi connectivity index (χ0v) is 12.6. The normalized spacial score (nSPS) is 26.2. The van der Waals surface area contributed by atoms with Crippen LogP contribution < -0.4 is 10.9 Å². The molecule has 0 aliphatic carbocycles. The van der Waals surface area contributed by atoms with Crippen molar-refractivity contribution in [2.45, 2.75) is 33.1 Å². The molecular weight excluding hydrogens is 320 g/mol. The Morgan fingerprint density at radius 3 is 2.50 bits per heavy atom. The molecule has 0 radical (unpaired) electrons. The van der Waals surface area contributed by atoms with Crippen LogP contribution in [0.4, 0.5) is 0 Å². The lowest BCUT2D eigenvalue weighted by atomic mass is 10.1. The molecule has 4 N–H and O–H groups in total. The van der Waals surface area contributed by atoms with Gasteiger partial charge in [0.05, 0.1) is 5.25 Å². The number of halogens is 1. The standard InChI is InChI=1S/C8H12N2O4S3.ClH/c1-4-2-6(9)5-3-7(17(10,13)14)15-8(5)16(4,11)12;/h3-4,6H,2,9H2,1H3,(H2,10,13,14);1H/t4-,6-;/m0./s1. The van der Waals surface area contributed by atoms with Gasteiger partial charge in [-0.2, -0.15) is 0 Å². The van der Waals surface area contributed by atoms with Crippen LogP contribution in [0.2, 0.25) is 0 Å². The van der Waals surface area contributed by atoms with E-state index in [1.807, 2.05) is 0 Å². The molecule has 104 valence electrons. The van der Waals surface area contributed by atoms with Gasteiger partial charge < -0.3 is 5.73 Å². The Kier molecular flexibility index (Phi) is 4.17. The van der Waals surface area contributed by atoms with Gasteiger partial charge in [-0.15, -0.1) is 23.7 Å². The average molecular weight is 333 g/mol. The third-order valence-electron chi connectivity index (χ3n) is 2.76. The Balaban J connectivity index is 0.00000162. The summed E-state index contributed by atoms with van der Waals surface area (Å²) in [6.07, 6.45) is 0.288. The fourth-order valence-electron chi connectivity index (χ4n) is 1.78. The van der Waals surface area contributed by atoms with Crippen LogP contribution in [-0.2, 0) is 19.9 Å². The average Bonchev–Trinajstić information content (AvgIpc) is 2.59. The molecule has 10 heteroatoms. The van der Waals surface area contributed by atoms with Crippen molar-refractivity contribution in [2.75, 3.05) is 0 Å². The minimum Gasteiger partial charge on any atom is -0.324 e. The predicted molar refractivity (Wildman–Crippen MR) is 71.1 cm³/mol. The van der Waals surface area contributed by atoms with Crippen molar-refractivity contribution in [3.63, 3.8) is 0 Å². The van der Waals surface area contributed by atoms with E-state index in [1.54, 1.807) is 6.92 Å². The van der Waals surface area contributed by atoms with Gasteiger partial charge in [-0.05, 0) is 25.0 Å². The van der Waals surface area contributed by atoms with Crippen LogP contribution in [0, 0.1) is 0 Å². The maximum Gasteiger partial charge on any atom is 0.247 e. The lowest BCUT2D eigenvalue weighted by Crippen LogP contribution is -2.29. The van der Waals surface area contributed by atoms with Crippen LogP contribution in [0.5, 0.6) is 0 Å². The van der Waals surface area contributed by atoms with E-state index in [4.69, 9.17) is 10.9 Å². The van der Waals surface area contributed by atoms with Gasteiger partial charge >= 0.3 is 0 Å². The Bertz CT molecular complexity index is 665. The summed E-state index contributed by atoms with van der Waals surface area (Å²) in [6.45, 7) is 1.56. The molecular formula is C8H13ClN2O4S3. The van der Waals surface area contributed by atoms with E-state index in [2.05, 4.69) is 0 Å². The summed E-state index contributed by atoms with van der Waals surface area (Å²) < 4.78 is 46.3. The van der Waals surface area contributed by atoms with Crippen molar-refractivity contribution >= 4 is 43.6 Å². The number of rotatable bonds is 1. The number of fused-ring (bicyclic) bond motifs is 1. The maximum absolute atomic E-state index is 12.0. The molecule has 6 nitrogen and oxygen atoms in total. The molecule has 0 saturated heterocycles. The van der Waals surface area contributed by atoms with Crippen LogP contribution in [0.3, 0.4) is 0 Å². The fraction of sp³-hybridized carbons (Fsp3) is 0.500. The first-order valence-electron chi connectivity index (χ1n) is 4.80. The van der Waals surface area contributed by atoms with E-state index in [-0.39, 0.29) is 27.2 Å². The number of sulfonamides is 1. The lowest BCUT2D eigenvalue weighted by Gasteiger charge is -2.23. The van der Waals surface area contributed by atoms with Crippen LogP contribution in [0.15, 0.2) is 14.5 Å². The maximum atomic E-state index is 12.0. The summed E-state index contributed by atoms with van der Waals surface area (Å²) in [7, 11) is -7.36. The monoisotopic (exact) mass is 332 g/mol. The summed E-state index contributed by atoms with van der Waals surface area (Å²) >= 11 is 0.676. The highest BCUT2D eigenvalue weighted by Crippen LogP contribution is 2.41. The molecule has 2 atom stereocenters. The molecule has 1 aromatic heterocycles. The quantitative estimate of drug-likeness (QED) is 0.770. The van der Waals surface area contributed by atoms with Gasteiger partial charge in [0.25, 0.3) is 0 Å². The number of primary sulfonamides is 1. The first-order chi connectivity index (χ1) is 7.64. The SMILES string of the molecule is C[C@H]1C[C@H](N)c2cc(S(N)(=O)=O)sc2S1(=O)=O.Cl. The summed E-state index contributed by atoms with van der Waals surface area (Å²) in [4.78, 5) is 0. The summed E-state index contributed by atoms with van der Waals surface area (Å²) in [5.41, 5.74) is 6.18. The predicted octanol–water partition coefficient (Wildman–Crippen LogP) is 0.383. The molecule has 0 bridgehead atoms. The van der Waals surface area contributed by atoms with Crippen molar-refractivity contribution in [1.82, 2.24) is 0 Å². The van der Waals surface area contributed by atoms with E-state index >= 15 is 0 Å². The van der Waals surface area contributed by atoms with Gasteiger partial charge in [0, 0.05) is 6.04 Å². The van der Waals surface area contributed by atoms with Gasteiger partial charge in [-0.1, -0.05) is 0 Å². The zero-order valence-electron chi connectivity index (χ0n) is 9.36. The topological polar surface area (TPSA) is 120 Å². The third-order valence-corrected chi connectivity index (χ3v) is 8.07. The van der Waals surface area contributed by atoms with E-state index in [0.29, 0.717) is 16.9 Å². The van der Waals surface area contributed by atoms with E-state index in [1.165, 1.54) is 6.07 Å². The van der Waals surface area contributed by atoms with Crippen LogP contribution in [0.25, 0.3) is 0 Å². The first kappa shape index (κ1) is 15.9. The molecule has 1 aliphatic heterocycles. The highest BCUT2D eigenvalue weighted by Gasteiger charge is 2.37. The van der Waals surface area contributed by atoms with E-state index < -0.39 is 31.2 Å². The van der Waals surface area contributed by atoms with Gasteiger partial charge in [-0.25, -0.2) is 22.0 Å². The van der Waals surface area contributed by atoms with Crippen molar-refractivity contribution in [3.8, 4) is 0 Å². The molecule has 0 unspecified atom stereocenters. The molecule has 1 aliphatic rings. The second-order valence-electron chi connectivity index (χ2n) is 4.05. The molecule has 0 spiro atoms. The van der Waals surface area contributed by atoms with Crippen molar-refractivity contribution in [3.05, 3.63) is 11.6 Å². The van der Waals surface area contributed by atoms with E-state index in [0.717, 1.165) is 0 Å². The highest BCUT2D eigenvalue weighted by molar-refractivity contribution is 7.95. The van der Waals surface area contributed by atoms with Gasteiger partial charge in [0.2, 0.25) is 10.0 Å². The number of hydrogen-bond acceptors (Lipinski definition) is 6. The summed E-state index contributed by atoms with van der Waals surface area (Å²) in [5.74, 6) is 0. The largest absolute Gasteiger partial charge is 0.324 e. The third kappa shape index (κ3) is 2.43. The van der Waals surface area contributed by atoms with Gasteiger partial charge in [0.1, 0.15) is 8.42 Å². The minimum atomic E-state index is -3.89. The zero-order chi connectivity index (χ0) is 13.0. The highest BCUT2D eigenvalue weighted by atomic mass is 35.5. The van der Waals surface area contributed by atoms with Crippen LogP contribution in [0.1, 0.15) is 24.9 Å². The van der Waals surface area contributed by atoms with Gasteiger partial charge in [0.15, 0.2) is 9.84 Å². The molecule has 2 rings (SSSR count). The van der Waals surface area contributed by atoms with Crippen molar-refractivity contribution in [2.24, 2.45) is 10.9 Å². The Hall–Kier alpha value is -0.190. The second kappa shape index (κ2) is 4.73. The summed E-state index contributed by atoms with van der Waals surface area (Å²) in [5, 5.41) is 4.38. The molecule has 1 aromatic rings. The Labute approximate surface area is 116 Å². The molecule has 0 fully saturated rings. The van der Waals surface area contributed by atoms with Crippen molar-refractivity contribution < 1.29 is 16.8 Å². The molecule has 0 amide bonds. The lowest BCUT2D eigenvalue weighted by molar-refractivity contribution is 0.542. The van der Waals surface area contributed by atoms with Crippen LogP contribution in [-0.4, -0.2) is 22.1 Å².